The summed E-state index contributed by atoms with van der Waals surface area (Å²) in [6.07, 6.45) is 6.80. The van der Waals surface area contributed by atoms with E-state index < -0.39 is 0 Å². The standard InChI is InChI=1S/C21H32N6.HI/c1-16-24-19-9-5-6-10-20(19)27(16)14-12-23-21(22-2)25-17-11-13-26(15-17)18-7-3-4-8-18;/h5-6,9-10,17-18H,3-4,7-8,11-15H2,1-2H3,(H2,22,23,25);1H. The van der Waals surface area contributed by atoms with E-state index in [4.69, 9.17) is 0 Å². The smallest absolute Gasteiger partial charge is 0.191 e. The average Bonchev–Trinajstić information content (AvgIpc) is 3.41. The molecule has 2 heterocycles. The van der Waals surface area contributed by atoms with Gasteiger partial charge in [-0.1, -0.05) is 25.0 Å². The molecule has 4 rings (SSSR count). The van der Waals surface area contributed by atoms with Crippen molar-refractivity contribution in [3.05, 3.63) is 30.1 Å². The van der Waals surface area contributed by atoms with Gasteiger partial charge in [0, 0.05) is 45.3 Å². The summed E-state index contributed by atoms with van der Waals surface area (Å²) in [5.41, 5.74) is 2.26. The van der Waals surface area contributed by atoms with Crippen LogP contribution in [-0.2, 0) is 6.54 Å². The molecule has 2 N–H and O–H groups in total. The largest absolute Gasteiger partial charge is 0.355 e. The van der Waals surface area contributed by atoms with Crippen molar-refractivity contribution in [3.8, 4) is 0 Å². The van der Waals surface area contributed by atoms with E-state index >= 15 is 0 Å². The zero-order valence-electron chi connectivity index (χ0n) is 17.0. The van der Waals surface area contributed by atoms with E-state index in [9.17, 15) is 0 Å². The van der Waals surface area contributed by atoms with Gasteiger partial charge in [-0.3, -0.25) is 9.89 Å². The van der Waals surface area contributed by atoms with Crippen molar-refractivity contribution >= 4 is 41.0 Å². The molecule has 2 aliphatic rings. The molecular formula is C21H33IN6. The molecule has 1 saturated heterocycles. The Kier molecular flexibility index (Phi) is 7.56. The number of aliphatic imine (C=N–C) groups is 1. The number of aromatic nitrogens is 2. The predicted molar refractivity (Wildman–Crippen MR) is 127 cm³/mol. The van der Waals surface area contributed by atoms with E-state index in [2.05, 4.69) is 55.2 Å². The van der Waals surface area contributed by atoms with Gasteiger partial charge in [0.1, 0.15) is 5.82 Å². The lowest BCUT2D eigenvalue weighted by molar-refractivity contribution is 0.242. The Morgan fingerprint density at radius 1 is 1.21 bits per heavy atom. The van der Waals surface area contributed by atoms with Crippen molar-refractivity contribution in [1.82, 2.24) is 25.1 Å². The second kappa shape index (κ2) is 9.91. The third-order valence-corrected chi connectivity index (χ3v) is 6.10. The molecule has 1 unspecified atom stereocenters. The van der Waals surface area contributed by atoms with E-state index in [0.29, 0.717) is 6.04 Å². The number of fused-ring (bicyclic) bond motifs is 1. The highest BCUT2D eigenvalue weighted by molar-refractivity contribution is 14.0. The summed E-state index contributed by atoms with van der Waals surface area (Å²) in [6.45, 7) is 6.16. The van der Waals surface area contributed by atoms with Crippen LogP contribution in [0.5, 0.6) is 0 Å². The Bertz CT molecular complexity index is 795. The third-order valence-electron chi connectivity index (χ3n) is 6.10. The molecule has 1 aliphatic carbocycles. The fraction of sp³-hybridized carbons (Fsp3) is 0.619. The van der Waals surface area contributed by atoms with Crippen molar-refractivity contribution < 1.29 is 0 Å². The molecule has 2 fully saturated rings. The van der Waals surface area contributed by atoms with Crippen molar-refractivity contribution in [2.75, 3.05) is 26.7 Å². The van der Waals surface area contributed by atoms with Crippen LogP contribution < -0.4 is 10.6 Å². The van der Waals surface area contributed by atoms with Crippen LogP contribution in [0, 0.1) is 6.92 Å². The van der Waals surface area contributed by atoms with Crippen LogP contribution in [0.3, 0.4) is 0 Å². The van der Waals surface area contributed by atoms with Crippen LogP contribution in [0.4, 0.5) is 0 Å². The molecule has 6 nitrogen and oxygen atoms in total. The van der Waals surface area contributed by atoms with E-state index in [1.54, 1.807) is 0 Å². The molecule has 1 saturated carbocycles. The van der Waals surface area contributed by atoms with Gasteiger partial charge in [0.2, 0.25) is 0 Å². The molecule has 7 heteroatoms. The van der Waals surface area contributed by atoms with Gasteiger partial charge in [0.15, 0.2) is 5.96 Å². The number of benzene rings is 1. The molecular weight excluding hydrogens is 463 g/mol. The van der Waals surface area contributed by atoms with Crippen LogP contribution in [-0.4, -0.2) is 59.2 Å². The first-order valence-electron chi connectivity index (χ1n) is 10.4. The van der Waals surface area contributed by atoms with Crippen molar-refractivity contribution in [3.63, 3.8) is 0 Å². The fourth-order valence-electron chi connectivity index (χ4n) is 4.66. The Hall–Kier alpha value is -1.35. The lowest BCUT2D eigenvalue weighted by atomic mass is 10.2. The van der Waals surface area contributed by atoms with Gasteiger partial charge in [0.05, 0.1) is 11.0 Å². The Morgan fingerprint density at radius 2 is 2.00 bits per heavy atom. The maximum Gasteiger partial charge on any atom is 0.191 e. The highest BCUT2D eigenvalue weighted by Crippen LogP contribution is 2.26. The van der Waals surface area contributed by atoms with Gasteiger partial charge in [-0.25, -0.2) is 4.98 Å². The van der Waals surface area contributed by atoms with Gasteiger partial charge in [-0.2, -0.15) is 0 Å². The van der Waals surface area contributed by atoms with E-state index in [1.165, 1.54) is 44.2 Å². The van der Waals surface area contributed by atoms with Crippen molar-refractivity contribution in [2.45, 2.75) is 57.7 Å². The lowest BCUT2D eigenvalue weighted by Crippen LogP contribution is -2.46. The molecule has 1 aromatic heterocycles. The van der Waals surface area contributed by atoms with Gasteiger partial charge < -0.3 is 15.2 Å². The maximum absolute atomic E-state index is 4.64. The molecule has 28 heavy (non-hydrogen) atoms. The summed E-state index contributed by atoms with van der Waals surface area (Å²) in [7, 11) is 1.86. The number of guanidine groups is 1. The number of nitrogens with one attached hydrogen (secondary N) is 2. The predicted octanol–water partition coefficient (Wildman–Crippen LogP) is 3.14. The number of nitrogens with zero attached hydrogens (tertiary/aromatic N) is 4. The summed E-state index contributed by atoms with van der Waals surface area (Å²) in [6, 6.07) is 9.65. The molecule has 1 atom stereocenters. The summed E-state index contributed by atoms with van der Waals surface area (Å²) >= 11 is 0. The van der Waals surface area contributed by atoms with Crippen molar-refractivity contribution in [2.24, 2.45) is 4.99 Å². The number of imidazole rings is 1. The summed E-state index contributed by atoms with van der Waals surface area (Å²) in [4.78, 5) is 11.8. The van der Waals surface area contributed by atoms with E-state index in [0.717, 1.165) is 43.0 Å². The minimum Gasteiger partial charge on any atom is -0.355 e. The molecule has 0 amide bonds. The summed E-state index contributed by atoms with van der Waals surface area (Å²) in [5.74, 6) is 1.97. The molecule has 0 radical (unpaired) electrons. The van der Waals surface area contributed by atoms with Crippen molar-refractivity contribution in [1.29, 1.82) is 0 Å². The monoisotopic (exact) mass is 496 g/mol. The van der Waals surface area contributed by atoms with Crippen LogP contribution in [0.25, 0.3) is 11.0 Å². The first kappa shape index (κ1) is 21.4. The highest BCUT2D eigenvalue weighted by atomic mass is 127. The number of aryl methyl sites for hydroxylation is 1. The second-order valence-corrected chi connectivity index (χ2v) is 7.86. The van der Waals surface area contributed by atoms with Gasteiger partial charge in [0.25, 0.3) is 0 Å². The first-order valence-corrected chi connectivity index (χ1v) is 10.4. The Balaban J connectivity index is 0.00000225. The van der Waals surface area contributed by atoms with Gasteiger partial charge >= 0.3 is 0 Å². The minimum atomic E-state index is 0. The van der Waals surface area contributed by atoms with Crippen LogP contribution >= 0.6 is 24.0 Å². The number of hydrogen-bond donors (Lipinski definition) is 2. The van der Waals surface area contributed by atoms with Crippen LogP contribution in [0.1, 0.15) is 37.9 Å². The fourth-order valence-corrected chi connectivity index (χ4v) is 4.66. The van der Waals surface area contributed by atoms with Gasteiger partial charge in [-0.05, 0) is 38.3 Å². The number of halogens is 1. The number of likely N-dealkylation sites (tertiary alicyclic amines) is 1. The number of hydrogen-bond acceptors (Lipinski definition) is 3. The minimum absolute atomic E-state index is 0. The topological polar surface area (TPSA) is 57.5 Å². The normalized spacial score (nSPS) is 21.2. The molecule has 0 spiro atoms. The molecule has 0 bridgehead atoms. The third kappa shape index (κ3) is 4.79. The molecule has 1 aliphatic heterocycles. The van der Waals surface area contributed by atoms with E-state index in [-0.39, 0.29) is 24.0 Å². The quantitative estimate of drug-likeness (QED) is 0.380. The Morgan fingerprint density at radius 3 is 2.79 bits per heavy atom. The second-order valence-electron chi connectivity index (χ2n) is 7.86. The lowest BCUT2D eigenvalue weighted by Gasteiger charge is -2.24. The summed E-state index contributed by atoms with van der Waals surface area (Å²) < 4.78 is 2.27. The van der Waals surface area contributed by atoms with Crippen LogP contribution in [0.15, 0.2) is 29.3 Å². The highest BCUT2D eigenvalue weighted by Gasteiger charge is 2.30. The maximum atomic E-state index is 4.64. The first-order chi connectivity index (χ1) is 13.2. The Labute approximate surface area is 185 Å². The number of para-hydroxylation sites is 2. The van der Waals surface area contributed by atoms with Crippen LogP contribution in [0.2, 0.25) is 0 Å². The zero-order chi connectivity index (χ0) is 18.6. The molecule has 2 aromatic rings. The van der Waals surface area contributed by atoms with Gasteiger partial charge in [-0.15, -0.1) is 24.0 Å². The number of rotatable bonds is 5. The molecule has 154 valence electrons. The summed E-state index contributed by atoms with van der Waals surface area (Å²) in [5, 5.41) is 7.11. The zero-order valence-corrected chi connectivity index (χ0v) is 19.4. The van der Waals surface area contributed by atoms with E-state index in [1.807, 2.05) is 13.1 Å². The average molecular weight is 496 g/mol. The molecule has 1 aromatic carbocycles. The SMILES string of the molecule is CN=C(NCCn1c(C)nc2ccccc21)NC1CCN(C2CCCC2)C1.I.